The number of hydrogen-bond acceptors (Lipinski definition) is 1. The number of anilines is 3. The van der Waals surface area contributed by atoms with Crippen LogP contribution >= 0.6 is 0 Å². The predicted molar refractivity (Wildman–Crippen MR) is 233 cm³/mol. The van der Waals surface area contributed by atoms with E-state index in [4.69, 9.17) is 0 Å². The lowest BCUT2D eigenvalue weighted by Crippen LogP contribution is -2.15. The Balaban J connectivity index is 1.16. The molecule has 0 saturated heterocycles. The van der Waals surface area contributed by atoms with Gasteiger partial charge in [0.1, 0.15) is 0 Å². The van der Waals surface area contributed by atoms with Crippen molar-refractivity contribution in [1.29, 1.82) is 0 Å². The predicted octanol–water partition coefficient (Wildman–Crippen LogP) is 14.5. The first-order chi connectivity index (χ1) is 27.1. The van der Waals surface area contributed by atoms with E-state index in [2.05, 4.69) is 217 Å². The van der Waals surface area contributed by atoms with E-state index in [1.54, 1.807) is 0 Å². The van der Waals surface area contributed by atoms with Crippen LogP contribution in [0.3, 0.4) is 0 Å². The molecule has 2 nitrogen and oxygen atoms in total. The first kappa shape index (κ1) is 31.6. The van der Waals surface area contributed by atoms with Crippen LogP contribution in [-0.2, 0) is 5.41 Å². The molecule has 0 bridgehead atoms. The summed E-state index contributed by atoms with van der Waals surface area (Å²) in [6.07, 6.45) is 0. The molecule has 0 N–H and O–H groups in total. The smallest absolute Gasteiger partial charge is 0.0541 e. The van der Waals surface area contributed by atoms with Gasteiger partial charge in [-0.2, -0.15) is 0 Å². The Labute approximate surface area is 321 Å². The highest BCUT2D eigenvalue weighted by Crippen LogP contribution is 2.54. The topological polar surface area (TPSA) is 8.17 Å². The summed E-state index contributed by atoms with van der Waals surface area (Å²) in [6.45, 7) is 4.72. The van der Waals surface area contributed by atoms with Crippen LogP contribution < -0.4 is 4.90 Å². The number of hydrogen-bond donors (Lipinski definition) is 0. The largest absolute Gasteiger partial charge is 0.309 e. The third kappa shape index (κ3) is 4.68. The molecule has 1 aliphatic carbocycles. The number of fused-ring (bicyclic) bond motifs is 9. The van der Waals surface area contributed by atoms with Crippen molar-refractivity contribution in [2.45, 2.75) is 19.3 Å². The molecule has 0 fully saturated rings. The second-order valence-electron chi connectivity index (χ2n) is 15.3. The van der Waals surface area contributed by atoms with E-state index in [9.17, 15) is 0 Å². The summed E-state index contributed by atoms with van der Waals surface area (Å²) in [7, 11) is 0. The molecule has 55 heavy (non-hydrogen) atoms. The number of para-hydroxylation sites is 3. The zero-order valence-corrected chi connectivity index (χ0v) is 30.9. The summed E-state index contributed by atoms with van der Waals surface area (Å²) in [5.41, 5.74) is 14.7. The second-order valence-corrected chi connectivity index (χ2v) is 15.3. The summed E-state index contributed by atoms with van der Waals surface area (Å²) in [5.74, 6) is 0. The van der Waals surface area contributed by atoms with Crippen molar-refractivity contribution in [3.63, 3.8) is 0 Å². The van der Waals surface area contributed by atoms with E-state index in [1.807, 2.05) is 0 Å². The molecule has 0 amide bonds. The van der Waals surface area contributed by atoms with Gasteiger partial charge in [0.25, 0.3) is 0 Å². The van der Waals surface area contributed by atoms with Gasteiger partial charge in [-0.05, 0) is 92.5 Å². The van der Waals surface area contributed by atoms with Gasteiger partial charge in [-0.25, -0.2) is 0 Å². The highest BCUT2D eigenvalue weighted by molar-refractivity contribution is 6.13. The molecule has 11 rings (SSSR count). The van der Waals surface area contributed by atoms with Crippen molar-refractivity contribution in [2.75, 3.05) is 4.90 Å². The van der Waals surface area contributed by atoms with Crippen LogP contribution in [-0.4, -0.2) is 4.57 Å². The Morgan fingerprint density at radius 3 is 1.73 bits per heavy atom. The fraction of sp³-hybridized carbons (Fsp3) is 0.0566. The molecular weight excluding hydrogens is 665 g/mol. The van der Waals surface area contributed by atoms with Gasteiger partial charge in [0, 0.05) is 38.5 Å². The van der Waals surface area contributed by atoms with Crippen molar-refractivity contribution >= 4 is 60.4 Å². The third-order valence-electron chi connectivity index (χ3n) is 12.0. The van der Waals surface area contributed by atoms with Gasteiger partial charge in [0.15, 0.2) is 0 Å². The highest BCUT2D eigenvalue weighted by Gasteiger charge is 2.37. The average molecular weight is 703 g/mol. The van der Waals surface area contributed by atoms with Crippen LogP contribution in [0.25, 0.3) is 71.3 Å². The Kier molecular flexibility index (Phi) is 6.93. The van der Waals surface area contributed by atoms with Crippen molar-refractivity contribution in [3.8, 4) is 27.9 Å². The van der Waals surface area contributed by atoms with Crippen LogP contribution in [0.4, 0.5) is 17.1 Å². The third-order valence-corrected chi connectivity index (χ3v) is 12.0. The monoisotopic (exact) mass is 702 g/mol. The first-order valence-electron chi connectivity index (χ1n) is 19.2. The van der Waals surface area contributed by atoms with Gasteiger partial charge >= 0.3 is 0 Å². The number of rotatable bonds is 5. The van der Waals surface area contributed by atoms with Gasteiger partial charge in [0.2, 0.25) is 0 Å². The van der Waals surface area contributed by atoms with E-state index in [1.165, 1.54) is 76.7 Å². The van der Waals surface area contributed by atoms with Gasteiger partial charge in [-0.3, -0.25) is 0 Å². The Bertz CT molecular complexity index is 3070. The molecule has 0 saturated carbocycles. The molecule has 0 aliphatic heterocycles. The second kappa shape index (κ2) is 12.1. The Morgan fingerprint density at radius 1 is 0.382 bits per heavy atom. The highest BCUT2D eigenvalue weighted by atomic mass is 15.1. The lowest BCUT2D eigenvalue weighted by Gasteiger charge is -2.30. The Hall–Kier alpha value is -6.90. The van der Waals surface area contributed by atoms with Gasteiger partial charge in [0.05, 0.1) is 22.4 Å². The summed E-state index contributed by atoms with van der Waals surface area (Å²) in [6, 6.07) is 71.4. The summed E-state index contributed by atoms with van der Waals surface area (Å²) in [4.78, 5) is 2.48. The van der Waals surface area contributed by atoms with Crippen LogP contribution in [0.1, 0.15) is 25.0 Å². The van der Waals surface area contributed by atoms with Crippen molar-refractivity contribution in [3.05, 3.63) is 205 Å². The lowest BCUT2D eigenvalue weighted by atomic mass is 9.82. The zero-order valence-electron chi connectivity index (χ0n) is 30.9. The van der Waals surface area contributed by atoms with Gasteiger partial charge in [-0.1, -0.05) is 159 Å². The fourth-order valence-corrected chi connectivity index (χ4v) is 9.45. The van der Waals surface area contributed by atoms with E-state index in [0.717, 1.165) is 22.7 Å². The fourth-order valence-electron chi connectivity index (χ4n) is 9.45. The molecule has 2 heteroatoms. The number of benzene rings is 9. The quantitative estimate of drug-likeness (QED) is 0.162. The van der Waals surface area contributed by atoms with Crippen LogP contribution in [0, 0.1) is 0 Å². The van der Waals surface area contributed by atoms with E-state index < -0.39 is 0 Å². The van der Waals surface area contributed by atoms with Crippen LogP contribution in [0.15, 0.2) is 194 Å². The summed E-state index contributed by atoms with van der Waals surface area (Å²) >= 11 is 0. The van der Waals surface area contributed by atoms with E-state index >= 15 is 0 Å². The molecule has 0 atom stereocenters. The zero-order chi connectivity index (χ0) is 36.7. The maximum Gasteiger partial charge on any atom is 0.0541 e. The molecule has 0 unspecified atom stereocenters. The average Bonchev–Trinajstić information content (AvgIpc) is 3.70. The SMILES string of the molecule is CC1(C)c2ccccc2-c2c(-c3ccccc3N(c3ccc(-n4c5ccccc5c5ccccc54)cc3)c3cccc4c3ccc3ccccc34)cccc21. The Morgan fingerprint density at radius 2 is 0.945 bits per heavy atom. The lowest BCUT2D eigenvalue weighted by molar-refractivity contribution is 0.660. The van der Waals surface area contributed by atoms with E-state index in [-0.39, 0.29) is 5.41 Å². The maximum absolute atomic E-state index is 2.48. The molecular formula is C53H38N2. The van der Waals surface area contributed by atoms with Crippen LogP contribution in [0.5, 0.6) is 0 Å². The normalized spacial score (nSPS) is 13.1. The summed E-state index contributed by atoms with van der Waals surface area (Å²) < 4.78 is 2.39. The molecule has 1 aliphatic rings. The van der Waals surface area contributed by atoms with Gasteiger partial charge in [-0.15, -0.1) is 0 Å². The minimum Gasteiger partial charge on any atom is -0.309 e. The van der Waals surface area contributed by atoms with Crippen molar-refractivity contribution in [1.82, 2.24) is 4.57 Å². The van der Waals surface area contributed by atoms with Crippen molar-refractivity contribution in [2.24, 2.45) is 0 Å². The molecule has 1 aromatic heterocycles. The van der Waals surface area contributed by atoms with Gasteiger partial charge < -0.3 is 9.47 Å². The molecule has 10 aromatic rings. The maximum atomic E-state index is 2.48. The van der Waals surface area contributed by atoms with Crippen LogP contribution in [0.2, 0.25) is 0 Å². The van der Waals surface area contributed by atoms with E-state index in [0.29, 0.717) is 0 Å². The van der Waals surface area contributed by atoms with Crippen molar-refractivity contribution < 1.29 is 0 Å². The standard InChI is InChI=1S/C53H38N2/c1-53(2)46-23-9-5-20-45(46)52-44(22-13-24-47(52)53)42-19-8-12-27-50(42)55(51-28-14-21-39-38-16-4-3-15-35(38)29-34-43(39)51)37-32-30-36(31-33-37)54-48-25-10-6-17-40(48)41-18-7-11-26-49(41)54/h3-34H,1-2H3. The minimum absolute atomic E-state index is 0.0874. The molecule has 9 aromatic carbocycles. The first-order valence-corrected chi connectivity index (χ1v) is 19.2. The molecule has 260 valence electrons. The number of aromatic nitrogens is 1. The summed E-state index contributed by atoms with van der Waals surface area (Å²) in [5, 5.41) is 7.50. The molecule has 0 spiro atoms. The molecule has 0 radical (unpaired) electrons. The minimum atomic E-state index is -0.0874. The number of nitrogens with zero attached hydrogens (tertiary/aromatic N) is 2. The molecule has 1 heterocycles.